The molecule has 1 aliphatic rings. The molecule has 1 nitrogen and oxygen atoms in total. The molecule has 1 heteroatoms. The fraction of sp³-hybridized carbons (Fsp3) is 0.385. The fourth-order valence-electron chi connectivity index (χ4n) is 1.68. The minimum absolute atomic E-state index is 0.506. The van der Waals surface area contributed by atoms with Crippen LogP contribution in [0.4, 0.5) is 0 Å². The zero-order valence-electron chi connectivity index (χ0n) is 8.53. The van der Waals surface area contributed by atoms with Gasteiger partial charge in [-0.3, -0.25) is 0 Å². The highest BCUT2D eigenvalue weighted by Gasteiger charge is 2.23. The van der Waals surface area contributed by atoms with Crippen LogP contribution in [0.3, 0.4) is 0 Å². The summed E-state index contributed by atoms with van der Waals surface area (Å²) in [4.78, 5) is 0. The Morgan fingerprint density at radius 3 is 2.79 bits per heavy atom. The van der Waals surface area contributed by atoms with Crippen LogP contribution >= 0.6 is 0 Å². The van der Waals surface area contributed by atoms with Gasteiger partial charge in [0.25, 0.3) is 0 Å². The van der Waals surface area contributed by atoms with E-state index in [1.807, 2.05) is 19.1 Å². The van der Waals surface area contributed by atoms with Gasteiger partial charge in [0.1, 0.15) is 0 Å². The Kier molecular flexibility index (Phi) is 2.42. The molecule has 74 valence electrons. The fourth-order valence-corrected chi connectivity index (χ4v) is 1.68. The molecule has 1 aromatic carbocycles. The third kappa shape index (κ3) is 1.88. The SMILES string of the molecule is C=C(C)C(O)c1cccc(C2CC2)c1. The molecule has 0 radical (unpaired) electrons. The van der Waals surface area contributed by atoms with Crippen molar-refractivity contribution in [2.45, 2.75) is 31.8 Å². The topological polar surface area (TPSA) is 20.2 Å². The largest absolute Gasteiger partial charge is 0.384 e. The molecule has 0 aliphatic heterocycles. The lowest BCUT2D eigenvalue weighted by atomic mass is 10.00. The van der Waals surface area contributed by atoms with E-state index in [0.29, 0.717) is 0 Å². The molecule has 0 amide bonds. The van der Waals surface area contributed by atoms with E-state index in [2.05, 4.69) is 18.7 Å². The Balaban J connectivity index is 2.25. The molecule has 1 aromatic rings. The Morgan fingerprint density at radius 2 is 2.21 bits per heavy atom. The predicted octanol–water partition coefficient (Wildman–Crippen LogP) is 3.17. The first-order valence-electron chi connectivity index (χ1n) is 5.12. The summed E-state index contributed by atoms with van der Waals surface area (Å²) in [6.45, 7) is 5.63. The summed E-state index contributed by atoms with van der Waals surface area (Å²) in [7, 11) is 0. The van der Waals surface area contributed by atoms with Gasteiger partial charge in [-0.15, -0.1) is 0 Å². The second-order valence-electron chi connectivity index (χ2n) is 4.19. The van der Waals surface area contributed by atoms with Crippen LogP contribution in [0.1, 0.15) is 42.9 Å². The molecular formula is C13H16O. The molecule has 2 rings (SSSR count). The molecule has 0 bridgehead atoms. The summed E-state index contributed by atoms with van der Waals surface area (Å²) >= 11 is 0. The van der Waals surface area contributed by atoms with Crippen LogP contribution in [0.5, 0.6) is 0 Å². The van der Waals surface area contributed by atoms with Crippen LogP contribution in [0.25, 0.3) is 0 Å². The first kappa shape index (κ1) is 9.47. The van der Waals surface area contributed by atoms with E-state index in [1.165, 1.54) is 18.4 Å². The van der Waals surface area contributed by atoms with E-state index in [0.717, 1.165) is 17.1 Å². The smallest absolute Gasteiger partial charge is 0.0995 e. The van der Waals surface area contributed by atoms with Gasteiger partial charge in [-0.05, 0) is 42.4 Å². The summed E-state index contributed by atoms with van der Waals surface area (Å²) in [5.74, 6) is 0.743. The van der Waals surface area contributed by atoms with E-state index in [9.17, 15) is 5.11 Å². The number of hydrogen-bond donors (Lipinski definition) is 1. The maximum absolute atomic E-state index is 9.82. The Morgan fingerprint density at radius 1 is 1.50 bits per heavy atom. The summed E-state index contributed by atoms with van der Waals surface area (Å²) in [5, 5.41) is 9.82. The first-order chi connectivity index (χ1) is 6.68. The molecule has 0 heterocycles. The molecule has 1 fully saturated rings. The highest BCUT2D eigenvalue weighted by molar-refractivity contribution is 5.32. The molecule has 1 saturated carbocycles. The van der Waals surface area contributed by atoms with Gasteiger partial charge in [-0.25, -0.2) is 0 Å². The summed E-state index contributed by atoms with van der Waals surface area (Å²) in [6.07, 6.45) is 2.09. The van der Waals surface area contributed by atoms with E-state index < -0.39 is 6.10 Å². The molecule has 1 atom stereocenters. The third-order valence-corrected chi connectivity index (χ3v) is 2.74. The Bertz CT molecular complexity index is 350. The monoisotopic (exact) mass is 188 g/mol. The van der Waals surface area contributed by atoms with Crippen molar-refractivity contribution in [1.29, 1.82) is 0 Å². The van der Waals surface area contributed by atoms with Crippen LogP contribution in [0.15, 0.2) is 36.4 Å². The van der Waals surface area contributed by atoms with Gasteiger partial charge in [-0.1, -0.05) is 30.8 Å². The Hall–Kier alpha value is -1.08. The molecule has 1 unspecified atom stereocenters. The third-order valence-electron chi connectivity index (χ3n) is 2.74. The zero-order valence-corrected chi connectivity index (χ0v) is 8.53. The van der Waals surface area contributed by atoms with E-state index in [1.54, 1.807) is 0 Å². The summed E-state index contributed by atoms with van der Waals surface area (Å²) in [5.41, 5.74) is 3.14. The van der Waals surface area contributed by atoms with Gasteiger partial charge in [0, 0.05) is 0 Å². The second kappa shape index (κ2) is 3.58. The molecule has 1 N–H and O–H groups in total. The van der Waals surface area contributed by atoms with Gasteiger partial charge in [-0.2, -0.15) is 0 Å². The molecule has 0 spiro atoms. The maximum Gasteiger partial charge on any atom is 0.0995 e. The second-order valence-corrected chi connectivity index (χ2v) is 4.19. The van der Waals surface area contributed by atoms with Crippen molar-refractivity contribution in [1.82, 2.24) is 0 Å². The van der Waals surface area contributed by atoms with E-state index in [-0.39, 0.29) is 0 Å². The summed E-state index contributed by atoms with van der Waals surface area (Å²) < 4.78 is 0. The predicted molar refractivity (Wildman–Crippen MR) is 58.2 cm³/mol. The molecule has 0 saturated heterocycles. The van der Waals surface area contributed by atoms with Gasteiger partial charge in [0.15, 0.2) is 0 Å². The molecule has 14 heavy (non-hydrogen) atoms. The first-order valence-corrected chi connectivity index (χ1v) is 5.12. The number of aliphatic hydroxyl groups excluding tert-OH is 1. The number of hydrogen-bond acceptors (Lipinski definition) is 1. The minimum Gasteiger partial charge on any atom is -0.384 e. The van der Waals surface area contributed by atoms with Crippen LogP contribution in [-0.4, -0.2) is 5.11 Å². The van der Waals surface area contributed by atoms with Crippen molar-refractivity contribution >= 4 is 0 Å². The van der Waals surface area contributed by atoms with E-state index in [4.69, 9.17) is 0 Å². The highest BCUT2D eigenvalue weighted by Crippen LogP contribution is 2.40. The van der Waals surface area contributed by atoms with Crippen LogP contribution in [-0.2, 0) is 0 Å². The Labute approximate surface area is 85.1 Å². The lowest BCUT2D eigenvalue weighted by Crippen LogP contribution is -1.98. The van der Waals surface area contributed by atoms with E-state index >= 15 is 0 Å². The normalized spacial score (nSPS) is 17.9. The number of benzene rings is 1. The highest BCUT2D eigenvalue weighted by atomic mass is 16.3. The van der Waals surface area contributed by atoms with Gasteiger partial charge in [0.2, 0.25) is 0 Å². The van der Waals surface area contributed by atoms with Crippen LogP contribution in [0, 0.1) is 0 Å². The number of rotatable bonds is 3. The van der Waals surface area contributed by atoms with Gasteiger partial charge < -0.3 is 5.11 Å². The van der Waals surface area contributed by atoms with Crippen LogP contribution < -0.4 is 0 Å². The van der Waals surface area contributed by atoms with Crippen molar-refractivity contribution in [3.8, 4) is 0 Å². The zero-order chi connectivity index (χ0) is 10.1. The maximum atomic E-state index is 9.82. The lowest BCUT2D eigenvalue weighted by Gasteiger charge is -2.11. The lowest BCUT2D eigenvalue weighted by molar-refractivity contribution is 0.216. The van der Waals surface area contributed by atoms with Crippen molar-refractivity contribution < 1.29 is 5.11 Å². The van der Waals surface area contributed by atoms with Crippen molar-refractivity contribution in [3.05, 3.63) is 47.5 Å². The van der Waals surface area contributed by atoms with Gasteiger partial charge in [0.05, 0.1) is 6.10 Å². The molecule has 0 aromatic heterocycles. The van der Waals surface area contributed by atoms with Crippen molar-refractivity contribution in [2.24, 2.45) is 0 Å². The minimum atomic E-state index is -0.506. The standard InChI is InChI=1S/C13H16O/c1-9(2)13(14)12-5-3-4-11(8-12)10-6-7-10/h3-5,8,10,13-14H,1,6-7H2,2H3. The number of aliphatic hydroxyl groups is 1. The van der Waals surface area contributed by atoms with Gasteiger partial charge >= 0.3 is 0 Å². The average molecular weight is 188 g/mol. The van der Waals surface area contributed by atoms with Crippen molar-refractivity contribution in [3.63, 3.8) is 0 Å². The molecular weight excluding hydrogens is 172 g/mol. The van der Waals surface area contributed by atoms with Crippen molar-refractivity contribution in [2.75, 3.05) is 0 Å². The molecule has 1 aliphatic carbocycles. The summed E-state index contributed by atoms with van der Waals surface area (Å²) in [6, 6.07) is 8.24. The van der Waals surface area contributed by atoms with Crippen LogP contribution in [0.2, 0.25) is 0 Å². The quantitative estimate of drug-likeness (QED) is 0.722. The average Bonchev–Trinajstić information content (AvgIpc) is 3.00.